The first-order valence-electron chi connectivity index (χ1n) is 12.4. The van der Waals surface area contributed by atoms with Gasteiger partial charge < -0.3 is 15.3 Å². The van der Waals surface area contributed by atoms with E-state index in [2.05, 4.69) is 20.3 Å². The van der Waals surface area contributed by atoms with Crippen LogP contribution >= 0.6 is 0 Å². The van der Waals surface area contributed by atoms with Crippen LogP contribution in [0.2, 0.25) is 0 Å². The fraction of sp³-hybridized carbons (Fsp3) is 0.385. The quantitative estimate of drug-likeness (QED) is 0.332. The molecule has 1 aromatic carbocycles. The number of amides is 1. The van der Waals surface area contributed by atoms with E-state index in [1.165, 1.54) is 24.2 Å². The van der Waals surface area contributed by atoms with E-state index in [9.17, 15) is 31.5 Å². The lowest BCUT2D eigenvalue weighted by Gasteiger charge is -2.21. The van der Waals surface area contributed by atoms with E-state index in [0.717, 1.165) is 10.6 Å². The Hall–Kier alpha value is -3.78. The normalized spacial score (nSPS) is 11.8. The second-order valence-corrected chi connectivity index (χ2v) is 11.0. The molecule has 0 unspecified atom stereocenters. The van der Waals surface area contributed by atoms with Crippen molar-refractivity contribution in [2.24, 2.45) is 0 Å². The number of halogens is 3. The van der Waals surface area contributed by atoms with Crippen molar-refractivity contribution in [2.45, 2.75) is 32.4 Å². The third kappa shape index (κ3) is 7.88. The van der Waals surface area contributed by atoms with Gasteiger partial charge in [-0.25, -0.2) is 23.4 Å². The van der Waals surface area contributed by atoms with Crippen molar-refractivity contribution >= 4 is 33.4 Å². The molecule has 0 spiro atoms. The van der Waals surface area contributed by atoms with Crippen LogP contribution in [-0.4, -0.2) is 72.3 Å². The van der Waals surface area contributed by atoms with Crippen molar-refractivity contribution in [2.75, 3.05) is 42.6 Å². The zero-order valence-electron chi connectivity index (χ0n) is 22.3. The van der Waals surface area contributed by atoms with Crippen LogP contribution in [0, 0.1) is 0 Å². The molecule has 2 aromatic heterocycles. The van der Waals surface area contributed by atoms with E-state index in [1.807, 2.05) is 6.92 Å². The molecule has 40 heavy (non-hydrogen) atoms. The first-order valence-corrected chi connectivity index (χ1v) is 14.3. The average Bonchev–Trinajstić information content (AvgIpc) is 2.90. The predicted octanol–water partition coefficient (Wildman–Crippen LogP) is 3.66. The molecule has 10 nitrogen and oxygen atoms in total. The van der Waals surface area contributed by atoms with Gasteiger partial charge in [0.15, 0.2) is 0 Å². The van der Waals surface area contributed by atoms with Gasteiger partial charge >= 0.3 is 6.18 Å². The van der Waals surface area contributed by atoms with Crippen LogP contribution in [0.3, 0.4) is 0 Å². The lowest BCUT2D eigenvalue weighted by atomic mass is 10.1. The number of sulfonamides is 1. The van der Waals surface area contributed by atoms with Gasteiger partial charge in [0.05, 0.1) is 24.1 Å². The standard InChI is InChI=1S/C26H31F3N6O4S/c1-4-13-35(14-15-36)24(37)19-7-5-9-20(16-19)32-25-31-17-21(26(27,28)29)22(33-25)11-10-18-8-6-12-30-23(18)34(2)40(3,38)39/h5-9,12,16-17,36H,4,10-11,13-15H2,1-3H3,(H,31,32,33). The van der Waals surface area contributed by atoms with Crippen molar-refractivity contribution in [3.8, 4) is 0 Å². The van der Waals surface area contributed by atoms with E-state index < -0.39 is 21.8 Å². The zero-order chi connectivity index (χ0) is 29.5. The number of aryl methyl sites for hydroxylation is 2. The van der Waals surface area contributed by atoms with Crippen LogP contribution < -0.4 is 9.62 Å². The van der Waals surface area contributed by atoms with Gasteiger partial charge in [-0.15, -0.1) is 0 Å². The van der Waals surface area contributed by atoms with Gasteiger partial charge in [0.1, 0.15) is 5.82 Å². The summed E-state index contributed by atoms with van der Waals surface area (Å²) in [5, 5.41) is 12.1. The van der Waals surface area contributed by atoms with E-state index in [1.54, 1.807) is 30.3 Å². The first-order chi connectivity index (χ1) is 18.8. The number of hydrogen-bond acceptors (Lipinski definition) is 8. The molecular formula is C26H31F3N6O4S. The minimum Gasteiger partial charge on any atom is -0.395 e. The number of carbonyl (C=O) groups excluding carboxylic acids is 1. The van der Waals surface area contributed by atoms with Crippen molar-refractivity contribution in [3.63, 3.8) is 0 Å². The molecule has 1 amide bonds. The summed E-state index contributed by atoms with van der Waals surface area (Å²) in [5.74, 6) is -0.279. The molecule has 0 bridgehead atoms. The maximum Gasteiger partial charge on any atom is 0.419 e. The minimum absolute atomic E-state index is 0.0324. The zero-order valence-corrected chi connectivity index (χ0v) is 23.1. The number of alkyl halides is 3. The molecule has 216 valence electrons. The Morgan fingerprint density at radius 1 is 1.10 bits per heavy atom. The number of nitrogens with one attached hydrogen (secondary N) is 1. The van der Waals surface area contributed by atoms with E-state index in [-0.39, 0.29) is 49.4 Å². The summed E-state index contributed by atoms with van der Waals surface area (Å²) in [6, 6.07) is 9.54. The summed E-state index contributed by atoms with van der Waals surface area (Å²) < 4.78 is 66.3. The van der Waals surface area contributed by atoms with E-state index in [0.29, 0.717) is 36.0 Å². The molecule has 0 aliphatic rings. The molecule has 0 saturated carbocycles. The molecule has 2 heterocycles. The van der Waals surface area contributed by atoms with Crippen molar-refractivity contribution in [3.05, 3.63) is 71.2 Å². The molecule has 0 atom stereocenters. The largest absolute Gasteiger partial charge is 0.419 e. The van der Waals surface area contributed by atoms with Crippen LogP contribution in [0.15, 0.2) is 48.8 Å². The number of pyridine rings is 1. The van der Waals surface area contributed by atoms with Gasteiger partial charge in [-0.05, 0) is 49.1 Å². The lowest BCUT2D eigenvalue weighted by Crippen LogP contribution is -2.34. The highest BCUT2D eigenvalue weighted by Crippen LogP contribution is 2.32. The second-order valence-electron chi connectivity index (χ2n) is 8.99. The van der Waals surface area contributed by atoms with Crippen molar-refractivity contribution in [1.29, 1.82) is 0 Å². The van der Waals surface area contributed by atoms with E-state index >= 15 is 0 Å². The SMILES string of the molecule is CCCN(CCO)C(=O)c1cccc(Nc2ncc(C(F)(F)F)c(CCc3cccnc3N(C)S(C)(=O)=O)n2)c1. The minimum atomic E-state index is -4.71. The number of hydrogen-bond donors (Lipinski definition) is 2. The van der Waals surface area contributed by atoms with Crippen LogP contribution in [0.1, 0.15) is 40.5 Å². The molecule has 3 rings (SSSR count). The van der Waals surface area contributed by atoms with Crippen LogP contribution in [0.4, 0.5) is 30.6 Å². The monoisotopic (exact) mass is 580 g/mol. The predicted molar refractivity (Wildman–Crippen MR) is 145 cm³/mol. The topological polar surface area (TPSA) is 129 Å². The Kier molecular flexibility index (Phi) is 10.0. The Bertz CT molecular complexity index is 1430. The van der Waals surface area contributed by atoms with Crippen molar-refractivity contribution < 1.29 is 31.5 Å². The third-order valence-corrected chi connectivity index (χ3v) is 7.15. The van der Waals surface area contributed by atoms with Gasteiger partial charge in [-0.2, -0.15) is 13.2 Å². The van der Waals surface area contributed by atoms with Gasteiger partial charge in [-0.1, -0.05) is 19.1 Å². The Labute approximate surface area is 231 Å². The highest BCUT2D eigenvalue weighted by Gasteiger charge is 2.35. The van der Waals surface area contributed by atoms with Gasteiger partial charge in [0, 0.05) is 43.8 Å². The van der Waals surface area contributed by atoms with Crippen LogP contribution in [0.5, 0.6) is 0 Å². The third-order valence-electron chi connectivity index (χ3n) is 5.98. The Balaban J connectivity index is 1.88. The number of nitrogens with zero attached hydrogens (tertiary/aromatic N) is 5. The number of aliphatic hydroxyl groups is 1. The summed E-state index contributed by atoms with van der Waals surface area (Å²) in [7, 11) is -2.32. The van der Waals surface area contributed by atoms with Gasteiger partial charge in [0.2, 0.25) is 16.0 Å². The number of aromatic nitrogens is 3. The van der Waals surface area contributed by atoms with E-state index in [4.69, 9.17) is 0 Å². The first kappa shape index (κ1) is 30.8. The molecule has 3 aromatic rings. The lowest BCUT2D eigenvalue weighted by molar-refractivity contribution is -0.138. The second kappa shape index (κ2) is 13.0. The smallest absolute Gasteiger partial charge is 0.395 e. The molecule has 0 saturated heterocycles. The summed E-state index contributed by atoms with van der Waals surface area (Å²) in [6.45, 7) is 2.36. The number of aliphatic hydroxyl groups excluding tert-OH is 1. The van der Waals surface area contributed by atoms with Crippen LogP contribution in [0.25, 0.3) is 0 Å². The molecular weight excluding hydrogens is 549 g/mol. The molecule has 0 fully saturated rings. The molecule has 2 N–H and O–H groups in total. The number of benzene rings is 1. The number of carbonyl (C=O) groups is 1. The summed E-state index contributed by atoms with van der Waals surface area (Å²) in [6.07, 6.45) is -1.05. The molecule has 0 aliphatic carbocycles. The number of anilines is 3. The summed E-state index contributed by atoms with van der Waals surface area (Å²) in [5.41, 5.74) is -0.143. The van der Waals surface area contributed by atoms with Gasteiger partial charge in [-0.3, -0.25) is 9.10 Å². The van der Waals surface area contributed by atoms with Crippen LogP contribution in [-0.2, 0) is 29.0 Å². The maximum absolute atomic E-state index is 13.8. The number of rotatable bonds is 12. The Morgan fingerprint density at radius 2 is 1.85 bits per heavy atom. The van der Waals surface area contributed by atoms with Crippen molar-refractivity contribution in [1.82, 2.24) is 19.9 Å². The maximum atomic E-state index is 13.8. The highest BCUT2D eigenvalue weighted by molar-refractivity contribution is 7.92. The molecule has 0 radical (unpaired) electrons. The fourth-order valence-corrected chi connectivity index (χ4v) is 4.45. The summed E-state index contributed by atoms with van der Waals surface area (Å²) in [4.78, 5) is 26.4. The highest BCUT2D eigenvalue weighted by atomic mass is 32.2. The molecule has 0 aliphatic heterocycles. The fourth-order valence-electron chi connectivity index (χ4n) is 3.97. The Morgan fingerprint density at radius 3 is 2.50 bits per heavy atom. The summed E-state index contributed by atoms with van der Waals surface area (Å²) >= 11 is 0. The molecule has 14 heteroatoms. The van der Waals surface area contributed by atoms with Gasteiger partial charge in [0.25, 0.3) is 5.91 Å². The average molecular weight is 581 g/mol.